The lowest BCUT2D eigenvalue weighted by Crippen LogP contribution is -2.24. The van der Waals surface area contributed by atoms with Crippen LogP contribution < -0.4 is 5.32 Å². The summed E-state index contributed by atoms with van der Waals surface area (Å²) in [7, 11) is 0. The van der Waals surface area contributed by atoms with E-state index in [-0.39, 0.29) is 6.04 Å². The van der Waals surface area contributed by atoms with E-state index in [4.69, 9.17) is 0 Å². The van der Waals surface area contributed by atoms with Crippen molar-refractivity contribution in [3.8, 4) is 0 Å². The molecule has 20 heavy (non-hydrogen) atoms. The van der Waals surface area contributed by atoms with Crippen LogP contribution in [0.4, 0.5) is 0 Å². The van der Waals surface area contributed by atoms with Crippen molar-refractivity contribution in [1.29, 1.82) is 0 Å². The predicted octanol–water partition coefficient (Wildman–Crippen LogP) is 3.17. The molecule has 0 spiro atoms. The van der Waals surface area contributed by atoms with Crippen molar-refractivity contribution >= 4 is 11.5 Å². The quantitative estimate of drug-likeness (QED) is 0.811. The zero-order valence-corrected chi connectivity index (χ0v) is 13.0. The van der Waals surface area contributed by atoms with Crippen molar-refractivity contribution < 1.29 is 0 Å². The van der Waals surface area contributed by atoms with Gasteiger partial charge in [0.05, 0.1) is 16.6 Å². The van der Waals surface area contributed by atoms with Gasteiger partial charge in [-0.2, -0.15) is 0 Å². The molecule has 0 amide bonds. The minimum absolute atomic E-state index is 0.270. The van der Waals surface area contributed by atoms with Gasteiger partial charge in [-0.25, -0.2) is 0 Å². The predicted molar refractivity (Wildman–Crippen MR) is 82.9 cm³/mol. The van der Waals surface area contributed by atoms with E-state index in [2.05, 4.69) is 39.8 Å². The molecule has 0 aliphatic heterocycles. The number of hydrogen-bond donors (Lipinski definition) is 1. The van der Waals surface area contributed by atoms with Gasteiger partial charge in [-0.15, -0.1) is 5.10 Å². The van der Waals surface area contributed by atoms with Crippen LogP contribution in [0.15, 0.2) is 24.4 Å². The molecule has 4 nitrogen and oxygen atoms in total. The Morgan fingerprint density at radius 3 is 2.85 bits per heavy atom. The first-order valence-corrected chi connectivity index (χ1v) is 8.06. The number of rotatable bonds is 8. The fourth-order valence-electron chi connectivity index (χ4n) is 2.19. The topological polar surface area (TPSA) is 50.7 Å². The van der Waals surface area contributed by atoms with Crippen molar-refractivity contribution in [2.75, 3.05) is 6.54 Å². The molecule has 2 heterocycles. The molecule has 0 fully saturated rings. The van der Waals surface area contributed by atoms with Crippen LogP contribution in [0.3, 0.4) is 0 Å². The number of nitrogens with zero attached hydrogens (tertiary/aromatic N) is 3. The number of hydrogen-bond acceptors (Lipinski definition) is 5. The maximum atomic E-state index is 4.44. The normalized spacial score (nSPS) is 12.5. The Balaban J connectivity index is 2.16. The van der Waals surface area contributed by atoms with E-state index in [1.807, 2.05) is 18.3 Å². The van der Waals surface area contributed by atoms with Gasteiger partial charge in [-0.05, 0) is 43.1 Å². The fourth-order valence-corrected chi connectivity index (χ4v) is 2.96. The summed E-state index contributed by atoms with van der Waals surface area (Å²) in [5.41, 5.74) is 2.25. The highest BCUT2D eigenvalue weighted by molar-refractivity contribution is 7.05. The molecule has 1 unspecified atom stereocenters. The summed E-state index contributed by atoms with van der Waals surface area (Å²) in [6.07, 6.45) is 5.96. The lowest BCUT2D eigenvalue weighted by molar-refractivity contribution is 0.526. The van der Waals surface area contributed by atoms with Gasteiger partial charge >= 0.3 is 0 Å². The van der Waals surface area contributed by atoms with Crippen LogP contribution >= 0.6 is 11.5 Å². The van der Waals surface area contributed by atoms with E-state index in [1.165, 1.54) is 16.4 Å². The van der Waals surface area contributed by atoms with Gasteiger partial charge in [-0.1, -0.05) is 30.8 Å². The molecule has 108 valence electrons. The standard InChI is InChI=1S/C15H22N4S/c1-3-7-13-15(20-19-18-13)14(17-9-4-2)11-12-8-5-6-10-16-12/h5-6,8,10,14,17H,3-4,7,9,11H2,1-2H3. The van der Waals surface area contributed by atoms with Crippen molar-refractivity contribution in [2.45, 2.75) is 45.6 Å². The fraction of sp³-hybridized carbons (Fsp3) is 0.533. The summed E-state index contributed by atoms with van der Waals surface area (Å²) in [6, 6.07) is 6.34. The SMILES string of the molecule is CCCNC(Cc1ccccn1)c1snnc1CCC. The molecule has 1 atom stereocenters. The molecule has 0 aliphatic rings. The Morgan fingerprint density at radius 2 is 2.15 bits per heavy atom. The second-order valence-corrected chi connectivity index (χ2v) is 5.65. The first kappa shape index (κ1) is 15.1. The Labute approximate surface area is 124 Å². The van der Waals surface area contributed by atoms with Crippen molar-refractivity contribution in [1.82, 2.24) is 19.9 Å². The average molecular weight is 290 g/mol. The van der Waals surface area contributed by atoms with Crippen LogP contribution in [0.2, 0.25) is 0 Å². The van der Waals surface area contributed by atoms with E-state index >= 15 is 0 Å². The molecule has 1 N–H and O–H groups in total. The van der Waals surface area contributed by atoms with Gasteiger partial charge in [0.2, 0.25) is 0 Å². The maximum Gasteiger partial charge on any atom is 0.0803 e. The second kappa shape index (κ2) is 8.07. The van der Waals surface area contributed by atoms with Gasteiger partial charge in [0, 0.05) is 18.3 Å². The van der Waals surface area contributed by atoms with Gasteiger partial charge in [0.15, 0.2) is 0 Å². The van der Waals surface area contributed by atoms with Crippen LogP contribution in [-0.2, 0) is 12.8 Å². The highest BCUT2D eigenvalue weighted by atomic mass is 32.1. The first-order chi connectivity index (χ1) is 9.85. The van der Waals surface area contributed by atoms with Crippen molar-refractivity contribution in [3.63, 3.8) is 0 Å². The summed E-state index contributed by atoms with van der Waals surface area (Å²) in [4.78, 5) is 5.71. The van der Waals surface area contributed by atoms with E-state index in [1.54, 1.807) is 0 Å². The highest BCUT2D eigenvalue weighted by Gasteiger charge is 2.19. The third-order valence-corrected chi connectivity index (χ3v) is 4.05. The van der Waals surface area contributed by atoms with Gasteiger partial charge < -0.3 is 5.32 Å². The van der Waals surface area contributed by atoms with Gasteiger partial charge in [0.1, 0.15) is 0 Å². The van der Waals surface area contributed by atoms with Crippen LogP contribution in [0.1, 0.15) is 49.0 Å². The summed E-state index contributed by atoms with van der Waals surface area (Å²) < 4.78 is 4.14. The third-order valence-electron chi connectivity index (χ3n) is 3.17. The summed E-state index contributed by atoms with van der Waals surface area (Å²) in [5, 5.41) is 7.89. The van der Waals surface area contributed by atoms with Crippen molar-refractivity contribution in [3.05, 3.63) is 40.7 Å². The number of pyridine rings is 1. The van der Waals surface area contributed by atoms with Crippen molar-refractivity contribution in [2.24, 2.45) is 0 Å². The zero-order valence-electron chi connectivity index (χ0n) is 12.2. The van der Waals surface area contributed by atoms with E-state index in [9.17, 15) is 0 Å². The molecular weight excluding hydrogens is 268 g/mol. The Kier molecular flexibility index (Phi) is 6.08. The molecule has 2 aromatic heterocycles. The molecule has 2 rings (SSSR count). The molecule has 2 aromatic rings. The lowest BCUT2D eigenvalue weighted by atomic mass is 10.1. The van der Waals surface area contributed by atoms with E-state index in [0.717, 1.165) is 43.6 Å². The van der Waals surface area contributed by atoms with Crippen LogP contribution in [0.5, 0.6) is 0 Å². The molecule has 0 aliphatic carbocycles. The Morgan fingerprint density at radius 1 is 1.25 bits per heavy atom. The van der Waals surface area contributed by atoms with Crippen LogP contribution in [0, 0.1) is 0 Å². The molecule has 0 saturated heterocycles. The smallest absolute Gasteiger partial charge is 0.0803 e. The summed E-state index contributed by atoms with van der Waals surface area (Å²) >= 11 is 1.52. The van der Waals surface area contributed by atoms with Crippen LogP contribution in [-0.4, -0.2) is 21.1 Å². The minimum atomic E-state index is 0.270. The van der Waals surface area contributed by atoms with Crippen LogP contribution in [0.25, 0.3) is 0 Å². The number of aromatic nitrogens is 3. The zero-order chi connectivity index (χ0) is 14.2. The molecule has 0 radical (unpaired) electrons. The molecule has 5 heteroatoms. The number of aryl methyl sites for hydroxylation is 1. The highest BCUT2D eigenvalue weighted by Crippen LogP contribution is 2.24. The second-order valence-electron chi connectivity index (χ2n) is 4.87. The average Bonchev–Trinajstić information content (AvgIpc) is 2.93. The molecule has 0 saturated carbocycles. The van der Waals surface area contributed by atoms with Gasteiger partial charge in [0.25, 0.3) is 0 Å². The molecule has 0 aromatic carbocycles. The van der Waals surface area contributed by atoms with E-state index in [0.29, 0.717) is 0 Å². The number of nitrogens with one attached hydrogen (secondary N) is 1. The first-order valence-electron chi connectivity index (χ1n) is 7.29. The maximum absolute atomic E-state index is 4.44. The lowest BCUT2D eigenvalue weighted by Gasteiger charge is -2.17. The molecular formula is C15H22N4S. The largest absolute Gasteiger partial charge is 0.309 e. The summed E-state index contributed by atoms with van der Waals surface area (Å²) in [5.74, 6) is 0. The monoisotopic (exact) mass is 290 g/mol. The third kappa shape index (κ3) is 4.08. The van der Waals surface area contributed by atoms with E-state index < -0.39 is 0 Å². The Bertz CT molecular complexity index is 498. The molecule has 0 bridgehead atoms. The van der Waals surface area contributed by atoms with Gasteiger partial charge in [-0.3, -0.25) is 4.98 Å². The minimum Gasteiger partial charge on any atom is -0.309 e. The summed E-state index contributed by atoms with van der Waals surface area (Å²) in [6.45, 7) is 5.36. The Hall–Kier alpha value is -1.33.